The first kappa shape index (κ1) is 13.2. The fourth-order valence-corrected chi connectivity index (χ4v) is 3.01. The van der Waals surface area contributed by atoms with Crippen LogP contribution in [0.5, 0.6) is 0 Å². The fourth-order valence-electron chi connectivity index (χ4n) is 3.01. The van der Waals surface area contributed by atoms with Crippen molar-refractivity contribution in [1.29, 1.82) is 0 Å². The number of rotatable bonds is 4. The van der Waals surface area contributed by atoms with Gasteiger partial charge in [-0.3, -0.25) is 4.79 Å². The number of carboxylic acids is 1. The van der Waals surface area contributed by atoms with Crippen LogP contribution < -0.4 is 5.32 Å². The molecule has 0 bridgehead atoms. The minimum absolute atomic E-state index is 0.0541. The molecule has 0 saturated heterocycles. The Bertz CT molecular complexity index is 577. The molecule has 106 valence electrons. The Morgan fingerprint density at radius 3 is 2.60 bits per heavy atom. The molecule has 1 atom stereocenters. The van der Waals surface area contributed by atoms with Gasteiger partial charge in [-0.1, -0.05) is 6.07 Å². The van der Waals surface area contributed by atoms with Crippen LogP contribution >= 0.6 is 0 Å². The van der Waals surface area contributed by atoms with Crippen molar-refractivity contribution in [2.24, 2.45) is 5.92 Å². The van der Waals surface area contributed by atoms with Crippen molar-refractivity contribution < 1.29 is 14.7 Å². The van der Waals surface area contributed by atoms with Crippen molar-refractivity contribution >= 4 is 11.9 Å². The van der Waals surface area contributed by atoms with Crippen LogP contribution in [0.4, 0.5) is 0 Å². The highest BCUT2D eigenvalue weighted by Crippen LogP contribution is 2.40. The van der Waals surface area contributed by atoms with Crippen LogP contribution in [0.3, 0.4) is 0 Å². The van der Waals surface area contributed by atoms with Crippen molar-refractivity contribution in [2.75, 3.05) is 0 Å². The zero-order valence-electron chi connectivity index (χ0n) is 11.6. The number of amides is 1. The van der Waals surface area contributed by atoms with E-state index in [-0.39, 0.29) is 11.8 Å². The lowest BCUT2D eigenvalue weighted by Crippen LogP contribution is -2.54. The maximum absolute atomic E-state index is 12.3. The molecule has 20 heavy (non-hydrogen) atoms. The molecular formula is C16H19NO3. The Balaban J connectivity index is 1.80. The lowest BCUT2D eigenvalue weighted by molar-refractivity contribution is -0.144. The van der Waals surface area contributed by atoms with Gasteiger partial charge in [-0.25, -0.2) is 4.79 Å². The average molecular weight is 273 g/mol. The predicted octanol–water partition coefficient (Wildman–Crippen LogP) is 2.16. The monoisotopic (exact) mass is 273 g/mol. The normalized spacial score (nSPS) is 20.1. The van der Waals surface area contributed by atoms with Crippen molar-refractivity contribution in [3.63, 3.8) is 0 Å². The highest BCUT2D eigenvalue weighted by atomic mass is 16.4. The van der Waals surface area contributed by atoms with E-state index in [1.165, 1.54) is 11.1 Å². The standard InChI is InChI=1S/C16H19NO3/c1-16(15(19)20,13-7-8-13)17-14(18)12-6-5-10-3-2-4-11(10)9-12/h5-6,9,13H,2-4,7-8H2,1H3,(H,17,18)(H,19,20)/t16-/m0/s1. The molecule has 2 aliphatic carbocycles. The van der Waals surface area contributed by atoms with E-state index >= 15 is 0 Å². The van der Waals surface area contributed by atoms with E-state index in [2.05, 4.69) is 5.32 Å². The van der Waals surface area contributed by atoms with E-state index in [1.807, 2.05) is 12.1 Å². The van der Waals surface area contributed by atoms with Crippen LogP contribution in [0.1, 0.15) is 47.7 Å². The van der Waals surface area contributed by atoms with Crippen LogP contribution in [0.2, 0.25) is 0 Å². The van der Waals surface area contributed by atoms with E-state index in [1.54, 1.807) is 13.0 Å². The topological polar surface area (TPSA) is 66.4 Å². The summed E-state index contributed by atoms with van der Waals surface area (Å²) in [6.45, 7) is 1.61. The summed E-state index contributed by atoms with van der Waals surface area (Å²) in [4.78, 5) is 23.8. The number of hydrogen-bond donors (Lipinski definition) is 2. The molecule has 3 rings (SSSR count). The molecule has 0 heterocycles. The largest absolute Gasteiger partial charge is 0.480 e. The number of carboxylic acid groups (broad SMARTS) is 1. The van der Waals surface area contributed by atoms with Crippen LogP contribution in [-0.2, 0) is 17.6 Å². The van der Waals surface area contributed by atoms with Crippen molar-refractivity contribution in [3.8, 4) is 0 Å². The molecule has 1 fully saturated rings. The molecule has 1 saturated carbocycles. The second-order valence-electron chi connectivity index (χ2n) is 6.07. The van der Waals surface area contributed by atoms with Crippen LogP contribution in [0.15, 0.2) is 18.2 Å². The molecule has 1 aromatic rings. The number of aliphatic carboxylic acids is 1. The molecule has 0 unspecified atom stereocenters. The number of aryl methyl sites for hydroxylation is 2. The van der Waals surface area contributed by atoms with Gasteiger partial charge in [0, 0.05) is 5.56 Å². The third-order valence-corrected chi connectivity index (χ3v) is 4.57. The minimum Gasteiger partial charge on any atom is -0.480 e. The Kier molecular flexibility index (Phi) is 3.04. The Morgan fingerprint density at radius 1 is 1.25 bits per heavy atom. The summed E-state index contributed by atoms with van der Waals surface area (Å²) in [6.07, 6.45) is 4.96. The molecule has 1 aromatic carbocycles. The lowest BCUT2D eigenvalue weighted by atomic mass is 9.95. The van der Waals surface area contributed by atoms with Crippen molar-refractivity contribution in [3.05, 3.63) is 34.9 Å². The molecular weight excluding hydrogens is 254 g/mol. The zero-order valence-corrected chi connectivity index (χ0v) is 11.6. The maximum Gasteiger partial charge on any atom is 0.329 e. The van der Waals surface area contributed by atoms with Gasteiger partial charge in [0.25, 0.3) is 5.91 Å². The van der Waals surface area contributed by atoms with Gasteiger partial charge in [0.1, 0.15) is 5.54 Å². The quantitative estimate of drug-likeness (QED) is 0.883. The number of hydrogen-bond acceptors (Lipinski definition) is 2. The molecule has 4 nitrogen and oxygen atoms in total. The first-order valence-electron chi connectivity index (χ1n) is 7.18. The minimum atomic E-state index is -1.14. The predicted molar refractivity (Wildman–Crippen MR) is 74.7 cm³/mol. The number of carbonyl (C=O) groups excluding carboxylic acids is 1. The van der Waals surface area contributed by atoms with Crippen LogP contribution in [0, 0.1) is 5.92 Å². The van der Waals surface area contributed by atoms with E-state index in [0.717, 1.165) is 32.1 Å². The summed E-state index contributed by atoms with van der Waals surface area (Å²) in [5.41, 5.74) is 1.96. The average Bonchev–Trinajstić information content (AvgIpc) is 3.16. The number of nitrogens with one attached hydrogen (secondary N) is 1. The first-order chi connectivity index (χ1) is 9.50. The molecule has 0 radical (unpaired) electrons. The van der Waals surface area contributed by atoms with Gasteiger partial charge in [0.05, 0.1) is 0 Å². The molecule has 2 aliphatic rings. The molecule has 0 aliphatic heterocycles. The lowest BCUT2D eigenvalue weighted by Gasteiger charge is -2.26. The highest BCUT2D eigenvalue weighted by molar-refractivity contribution is 5.98. The number of carbonyl (C=O) groups is 2. The molecule has 1 amide bonds. The smallest absolute Gasteiger partial charge is 0.329 e. The zero-order chi connectivity index (χ0) is 14.3. The molecule has 0 spiro atoms. The Hall–Kier alpha value is -1.84. The first-order valence-corrected chi connectivity index (χ1v) is 7.18. The Labute approximate surface area is 118 Å². The second kappa shape index (κ2) is 4.62. The summed E-state index contributed by atoms with van der Waals surface area (Å²) in [6, 6.07) is 5.70. The van der Waals surface area contributed by atoms with Gasteiger partial charge in [-0.15, -0.1) is 0 Å². The number of benzene rings is 1. The fraction of sp³-hybridized carbons (Fsp3) is 0.500. The Morgan fingerprint density at radius 2 is 1.95 bits per heavy atom. The second-order valence-corrected chi connectivity index (χ2v) is 6.07. The molecule has 0 aromatic heterocycles. The summed E-state index contributed by atoms with van der Waals surface area (Å²) in [7, 11) is 0. The maximum atomic E-state index is 12.3. The summed E-state index contributed by atoms with van der Waals surface area (Å²) >= 11 is 0. The van der Waals surface area contributed by atoms with Gasteiger partial charge in [0.2, 0.25) is 0 Å². The van der Waals surface area contributed by atoms with Gasteiger partial charge < -0.3 is 10.4 Å². The van der Waals surface area contributed by atoms with Crippen LogP contribution in [0.25, 0.3) is 0 Å². The van der Waals surface area contributed by atoms with Crippen LogP contribution in [-0.4, -0.2) is 22.5 Å². The van der Waals surface area contributed by atoms with Gasteiger partial charge in [-0.2, -0.15) is 0 Å². The SMILES string of the molecule is C[C@@](NC(=O)c1ccc2c(c1)CCC2)(C(=O)O)C1CC1. The van der Waals surface area contributed by atoms with E-state index < -0.39 is 11.5 Å². The number of fused-ring (bicyclic) bond motifs is 1. The summed E-state index contributed by atoms with van der Waals surface area (Å²) in [5.74, 6) is -1.18. The molecule has 2 N–H and O–H groups in total. The van der Waals surface area contributed by atoms with E-state index in [4.69, 9.17) is 0 Å². The summed E-state index contributed by atoms with van der Waals surface area (Å²) in [5, 5.41) is 12.1. The summed E-state index contributed by atoms with van der Waals surface area (Å²) < 4.78 is 0. The third-order valence-electron chi connectivity index (χ3n) is 4.57. The third kappa shape index (κ3) is 2.19. The van der Waals surface area contributed by atoms with Gasteiger partial charge in [-0.05, 0) is 68.2 Å². The van der Waals surface area contributed by atoms with E-state index in [9.17, 15) is 14.7 Å². The van der Waals surface area contributed by atoms with Gasteiger partial charge in [0.15, 0.2) is 0 Å². The van der Waals surface area contributed by atoms with Gasteiger partial charge >= 0.3 is 5.97 Å². The van der Waals surface area contributed by atoms with Crippen molar-refractivity contribution in [2.45, 2.75) is 44.6 Å². The highest BCUT2D eigenvalue weighted by Gasteiger charge is 2.48. The molecule has 4 heteroatoms. The van der Waals surface area contributed by atoms with Crippen molar-refractivity contribution in [1.82, 2.24) is 5.32 Å². The van der Waals surface area contributed by atoms with E-state index in [0.29, 0.717) is 5.56 Å².